The predicted molar refractivity (Wildman–Crippen MR) is 57.5 cm³/mol. The lowest BCUT2D eigenvalue weighted by molar-refractivity contribution is -0.142. The predicted octanol–water partition coefficient (Wildman–Crippen LogP) is 1.09. The van der Waals surface area contributed by atoms with E-state index in [2.05, 4.69) is 0 Å². The van der Waals surface area contributed by atoms with Crippen LogP contribution in [0.3, 0.4) is 0 Å². The standard InChI is InChI=1S/C12H15NO2/c1-15-11-8-13(9-11)12(14)7-10-5-3-2-4-6-10/h2-6,11H,7-9H2,1H3. The molecule has 0 aromatic heterocycles. The lowest BCUT2D eigenvalue weighted by Crippen LogP contribution is -2.54. The van der Waals surface area contributed by atoms with Crippen LogP contribution in [0, 0.1) is 0 Å². The molecule has 0 N–H and O–H groups in total. The van der Waals surface area contributed by atoms with Crippen molar-refractivity contribution in [1.29, 1.82) is 0 Å². The Morgan fingerprint density at radius 2 is 2.07 bits per heavy atom. The summed E-state index contributed by atoms with van der Waals surface area (Å²) in [4.78, 5) is 13.6. The molecule has 1 fully saturated rings. The number of benzene rings is 1. The molecule has 0 radical (unpaired) electrons. The van der Waals surface area contributed by atoms with Crippen LogP contribution in [-0.2, 0) is 16.0 Å². The molecule has 15 heavy (non-hydrogen) atoms. The van der Waals surface area contributed by atoms with Gasteiger partial charge in [-0.25, -0.2) is 0 Å². The van der Waals surface area contributed by atoms with Gasteiger partial charge in [0.2, 0.25) is 5.91 Å². The largest absolute Gasteiger partial charge is 0.378 e. The molecule has 1 aliphatic heterocycles. The highest BCUT2D eigenvalue weighted by atomic mass is 16.5. The van der Waals surface area contributed by atoms with Crippen molar-refractivity contribution in [3.8, 4) is 0 Å². The minimum Gasteiger partial charge on any atom is -0.378 e. The van der Waals surface area contributed by atoms with Gasteiger partial charge in [0, 0.05) is 20.2 Å². The van der Waals surface area contributed by atoms with Crippen molar-refractivity contribution >= 4 is 5.91 Å². The van der Waals surface area contributed by atoms with E-state index in [0.29, 0.717) is 6.42 Å². The quantitative estimate of drug-likeness (QED) is 0.739. The Bertz CT molecular complexity index is 331. The minimum absolute atomic E-state index is 0.189. The lowest BCUT2D eigenvalue weighted by atomic mass is 10.1. The van der Waals surface area contributed by atoms with Crippen LogP contribution in [0.5, 0.6) is 0 Å². The number of nitrogens with zero attached hydrogens (tertiary/aromatic N) is 1. The number of carbonyl (C=O) groups excluding carboxylic acids is 1. The van der Waals surface area contributed by atoms with E-state index in [0.717, 1.165) is 18.7 Å². The maximum absolute atomic E-state index is 11.7. The topological polar surface area (TPSA) is 29.5 Å². The van der Waals surface area contributed by atoms with E-state index in [1.165, 1.54) is 0 Å². The van der Waals surface area contributed by atoms with E-state index in [9.17, 15) is 4.79 Å². The first-order chi connectivity index (χ1) is 7.29. The molecule has 1 aliphatic rings. The number of amides is 1. The first-order valence-electron chi connectivity index (χ1n) is 5.14. The molecule has 0 aliphatic carbocycles. The van der Waals surface area contributed by atoms with Crippen LogP contribution in [0.2, 0.25) is 0 Å². The van der Waals surface area contributed by atoms with Gasteiger partial charge in [0.25, 0.3) is 0 Å². The number of carbonyl (C=O) groups is 1. The third-order valence-electron chi connectivity index (χ3n) is 2.73. The van der Waals surface area contributed by atoms with Crippen molar-refractivity contribution in [2.24, 2.45) is 0 Å². The zero-order chi connectivity index (χ0) is 10.7. The molecule has 0 spiro atoms. The second-order valence-electron chi connectivity index (χ2n) is 3.82. The molecule has 1 aromatic carbocycles. The van der Waals surface area contributed by atoms with Crippen molar-refractivity contribution in [3.63, 3.8) is 0 Å². The normalized spacial score (nSPS) is 16.2. The molecular weight excluding hydrogens is 190 g/mol. The van der Waals surface area contributed by atoms with Crippen molar-refractivity contribution in [2.75, 3.05) is 20.2 Å². The molecule has 80 valence electrons. The van der Waals surface area contributed by atoms with E-state index in [-0.39, 0.29) is 12.0 Å². The summed E-state index contributed by atoms with van der Waals surface area (Å²) in [6.07, 6.45) is 0.738. The SMILES string of the molecule is COC1CN(C(=O)Cc2ccccc2)C1. The fourth-order valence-electron chi connectivity index (χ4n) is 1.67. The summed E-state index contributed by atoms with van der Waals surface area (Å²) in [6, 6.07) is 9.82. The first kappa shape index (κ1) is 10.2. The van der Waals surface area contributed by atoms with E-state index in [1.54, 1.807) is 7.11 Å². The minimum atomic E-state index is 0.189. The smallest absolute Gasteiger partial charge is 0.227 e. The molecule has 1 aromatic rings. The monoisotopic (exact) mass is 205 g/mol. The molecule has 0 bridgehead atoms. The number of methoxy groups -OCH3 is 1. The Morgan fingerprint density at radius 3 is 2.67 bits per heavy atom. The highest BCUT2D eigenvalue weighted by molar-refractivity contribution is 5.79. The van der Waals surface area contributed by atoms with Gasteiger partial charge >= 0.3 is 0 Å². The highest BCUT2D eigenvalue weighted by Gasteiger charge is 2.29. The van der Waals surface area contributed by atoms with E-state index < -0.39 is 0 Å². The zero-order valence-electron chi connectivity index (χ0n) is 8.85. The Kier molecular flexibility index (Phi) is 3.02. The third kappa shape index (κ3) is 2.36. The Balaban J connectivity index is 1.84. The average Bonchev–Trinajstić information content (AvgIpc) is 2.17. The van der Waals surface area contributed by atoms with E-state index in [4.69, 9.17) is 4.74 Å². The van der Waals surface area contributed by atoms with Gasteiger partial charge in [0.1, 0.15) is 0 Å². The van der Waals surface area contributed by atoms with Crippen molar-refractivity contribution < 1.29 is 9.53 Å². The van der Waals surface area contributed by atoms with E-state index in [1.807, 2.05) is 35.2 Å². The van der Waals surface area contributed by atoms with Gasteiger partial charge < -0.3 is 9.64 Å². The zero-order valence-corrected chi connectivity index (χ0v) is 8.85. The molecule has 1 saturated heterocycles. The third-order valence-corrected chi connectivity index (χ3v) is 2.73. The molecule has 1 heterocycles. The Hall–Kier alpha value is -1.35. The van der Waals surface area contributed by atoms with Gasteiger partial charge in [-0.15, -0.1) is 0 Å². The molecule has 1 amide bonds. The number of hydrogen-bond donors (Lipinski definition) is 0. The summed E-state index contributed by atoms with van der Waals surface area (Å²) < 4.78 is 5.12. The summed E-state index contributed by atoms with van der Waals surface area (Å²) in [5, 5.41) is 0. The molecule has 0 atom stereocenters. The maximum atomic E-state index is 11.7. The van der Waals surface area contributed by atoms with Crippen LogP contribution in [0.25, 0.3) is 0 Å². The van der Waals surface area contributed by atoms with Crippen LogP contribution < -0.4 is 0 Å². The average molecular weight is 205 g/mol. The van der Waals surface area contributed by atoms with Crippen molar-refractivity contribution in [3.05, 3.63) is 35.9 Å². The van der Waals surface area contributed by atoms with Crippen LogP contribution >= 0.6 is 0 Å². The number of ether oxygens (including phenoxy) is 1. The van der Waals surface area contributed by atoms with Gasteiger partial charge in [-0.3, -0.25) is 4.79 Å². The molecule has 3 heteroatoms. The van der Waals surface area contributed by atoms with Gasteiger partial charge in [-0.1, -0.05) is 30.3 Å². The summed E-state index contributed by atoms with van der Waals surface area (Å²) in [6.45, 7) is 1.48. The fraction of sp³-hybridized carbons (Fsp3) is 0.417. The Morgan fingerprint density at radius 1 is 1.40 bits per heavy atom. The van der Waals surface area contributed by atoms with Gasteiger partial charge in [-0.05, 0) is 5.56 Å². The molecule has 0 unspecified atom stereocenters. The second-order valence-corrected chi connectivity index (χ2v) is 3.82. The number of rotatable bonds is 3. The maximum Gasteiger partial charge on any atom is 0.227 e. The summed E-state index contributed by atoms with van der Waals surface area (Å²) in [5.74, 6) is 0.189. The van der Waals surface area contributed by atoms with Crippen molar-refractivity contribution in [1.82, 2.24) is 4.90 Å². The van der Waals surface area contributed by atoms with Gasteiger partial charge in [0.05, 0.1) is 12.5 Å². The second kappa shape index (κ2) is 4.45. The van der Waals surface area contributed by atoms with Crippen LogP contribution in [0.1, 0.15) is 5.56 Å². The van der Waals surface area contributed by atoms with Crippen LogP contribution in [0.15, 0.2) is 30.3 Å². The van der Waals surface area contributed by atoms with Gasteiger partial charge in [0.15, 0.2) is 0 Å². The van der Waals surface area contributed by atoms with E-state index >= 15 is 0 Å². The lowest BCUT2D eigenvalue weighted by Gasteiger charge is -2.38. The fourth-order valence-corrected chi connectivity index (χ4v) is 1.67. The summed E-state index contributed by atoms with van der Waals surface area (Å²) in [5.41, 5.74) is 1.07. The number of hydrogen-bond acceptors (Lipinski definition) is 2. The summed E-state index contributed by atoms with van der Waals surface area (Å²) >= 11 is 0. The van der Waals surface area contributed by atoms with Crippen LogP contribution in [0.4, 0.5) is 0 Å². The van der Waals surface area contributed by atoms with Crippen LogP contribution in [-0.4, -0.2) is 37.1 Å². The molecule has 3 nitrogen and oxygen atoms in total. The molecule has 2 rings (SSSR count). The Labute approximate surface area is 89.7 Å². The number of likely N-dealkylation sites (tertiary alicyclic amines) is 1. The first-order valence-corrected chi connectivity index (χ1v) is 5.14. The molecular formula is C12H15NO2. The van der Waals surface area contributed by atoms with Crippen molar-refractivity contribution in [2.45, 2.75) is 12.5 Å². The molecule has 0 saturated carbocycles. The van der Waals surface area contributed by atoms with Gasteiger partial charge in [-0.2, -0.15) is 0 Å². The summed E-state index contributed by atoms with van der Waals surface area (Å²) in [7, 11) is 1.68. The highest BCUT2D eigenvalue weighted by Crippen LogP contribution is 2.13.